The molecule has 0 spiro atoms. The highest BCUT2D eigenvalue weighted by Gasteiger charge is 2.29. The summed E-state index contributed by atoms with van der Waals surface area (Å²) in [5.74, 6) is -2.66. The molecule has 0 aliphatic rings. The van der Waals surface area contributed by atoms with Gasteiger partial charge in [-0.05, 0) is 65.2 Å². The largest absolute Gasteiger partial charge is 0.506 e. The fraction of sp³-hybridized carbons (Fsp3) is 0.283. The minimum atomic E-state index is -0.936. The lowest BCUT2D eigenvalue weighted by Crippen LogP contribution is -2.35. The molecule has 7 aromatic rings. The van der Waals surface area contributed by atoms with Gasteiger partial charge in [0.15, 0.2) is 22.8 Å². The summed E-state index contributed by atoms with van der Waals surface area (Å²) in [6.07, 6.45) is 3.44. The number of pyridine rings is 1. The summed E-state index contributed by atoms with van der Waals surface area (Å²) >= 11 is 0. The van der Waals surface area contributed by atoms with Gasteiger partial charge in [-0.3, -0.25) is 24.1 Å². The van der Waals surface area contributed by atoms with Gasteiger partial charge >= 0.3 is 29.4 Å². The second-order valence-corrected chi connectivity index (χ2v) is 15.5. The number of aromatic hydroxyl groups is 1. The van der Waals surface area contributed by atoms with E-state index in [-0.39, 0.29) is 67.6 Å². The van der Waals surface area contributed by atoms with Crippen molar-refractivity contribution in [2.24, 2.45) is 0 Å². The number of aryl methyl sites for hydroxylation is 3. The summed E-state index contributed by atoms with van der Waals surface area (Å²) in [5.41, 5.74) is 4.21. The average molecular weight is 1040 g/mol. The van der Waals surface area contributed by atoms with Crippen molar-refractivity contribution in [1.29, 1.82) is 0 Å². The van der Waals surface area contributed by atoms with Crippen LogP contribution in [0.3, 0.4) is 0 Å². The van der Waals surface area contributed by atoms with E-state index in [4.69, 9.17) is 33.5 Å². The zero-order valence-electron chi connectivity index (χ0n) is 42.9. The van der Waals surface area contributed by atoms with E-state index in [2.05, 4.69) is 35.4 Å². The Morgan fingerprint density at radius 2 is 1.08 bits per heavy atom. The second-order valence-electron chi connectivity index (χ2n) is 15.5. The van der Waals surface area contributed by atoms with Crippen LogP contribution in [-0.4, -0.2) is 96.0 Å². The molecule has 2 N–H and O–H groups in total. The summed E-state index contributed by atoms with van der Waals surface area (Å²) in [5, 5.41) is 11.3. The van der Waals surface area contributed by atoms with Crippen LogP contribution in [0.4, 0.5) is 11.6 Å². The van der Waals surface area contributed by atoms with E-state index in [1.165, 1.54) is 18.6 Å². The number of nitrogens with zero attached hydrogens (tertiary/aromatic N) is 8. The topological polar surface area (TPSA) is 285 Å². The summed E-state index contributed by atoms with van der Waals surface area (Å²) in [4.78, 5) is 115. The third kappa shape index (κ3) is 16.7. The summed E-state index contributed by atoms with van der Waals surface area (Å²) in [6, 6.07) is 28.0. The van der Waals surface area contributed by atoms with E-state index in [1.807, 2.05) is 91.0 Å². The van der Waals surface area contributed by atoms with Crippen LogP contribution in [0, 0.1) is 20.8 Å². The lowest BCUT2D eigenvalue weighted by molar-refractivity contribution is -0.147. The molecule has 0 radical (unpaired) electrons. The number of hydrogen-bond donors (Lipinski definition) is 2. The third-order valence-electron chi connectivity index (χ3n) is 9.92. The monoisotopic (exact) mass is 1040 g/mol. The van der Waals surface area contributed by atoms with Crippen LogP contribution >= 0.6 is 0 Å². The molecule has 4 heterocycles. The van der Waals surface area contributed by atoms with Crippen molar-refractivity contribution in [1.82, 2.24) is 34.6 Å². The Hall–Kier alpha value is -9.22. The van der Waals surface area contributed by atoms with Crippen molar-refractivity contribution in [3.63, 3.8) is 0 Å². The smallest absolute Gasteiger partial charge is 0.347 e. The number of esters is 4. The fourth-order valence-electron chi connectivity index (χ4n) is 6.44. The highest BCUT2D eigenvalue weighted by atomic mass is 16.7. The maximum Gasteiger partial charge on any atom is 0.347 e. The number of ether oxygens (including phenoxy) is 4. The SMILES string of the molecule is CCOC(=O)CC(=O)N(OCc1ccccc1)c1nc(C)ncc1C(=O)OCC.CCOC(=O)c1c(O)c2cnc(C)nc2n(OCc2ccccc2)c1=O.CCOC(=O)c1cnc(C)nc1NOCc1ccccc1. The van der Waals surface area contributed by atoms with E-state index >= 15 is 0 Å². The number of carbonyl (C=O) groups is 5. The van der Waals surface area contributed by atoms with E-state index in [0.29, 0.717) is 29.9 Å². The van der Waals surface area contributed by atoms with Gasteiger partial charge in [0.1, 0.15) is 54.0 Å². The first-order valence-electron chi connectivity index (χ1n) is 23.7. The standard InChI is InChI=1S/C20H23N3O6.C18H17N3O5.C15H17N3O3/c1-4-27-18(25)11-17(24)23(29-13-15-9-7-6-8-10-15)19-16(20(26)28-5-2)12-21-14(3)22-19;1-3-25-18(24)14-15(22)13-9-19-11(2)20-16(13)21(17(14)23)26-10-12-7-5-4-6-8-12;1-3-20-15(19)13-9-16-11(2)17-14(13)18-21-10-12-7-5-4-6-8-12/h6-10,12H,4-5,11,13H2,1-3H3;4-9,22H,3,10H2,1-2H3;4-9H,3,10H2,1-2H3,(H,16,17,18). The predicted molar refractivity (Wildman–Crippen MR) is 273 cm³/mol. The summed E-state index contributed by atoms with van der Waals surface area (Å²) in [7, 11) is 0. The Morgan fingerprint density at radius 3 is 1.66 bits per heavy atom. The normalized spacial score (nSPS) is 10.4. The average Bonchev–Trinajstić information content (AvgIpc) is 3.41. The van der Waals surface area contributed by atoms with Crippen molar-refractivity contribution in [3.05, 3.63) is 171 Å². The molecule has 4 aromatic heterocycles. The number of carbonyl (C=O) groups excluding carboxylic acids is 5. The van der Waals surface area contributed by atoms with Gasteiger partial charge in [0.05, 0.1) is 38.4 Å². The maximum atomic E-state index is 12.8. The van der Waals surface area contributed by atoms with Crippen LogP contribution in [0.1, 0.15) is 99.4 Å². The van der Waals surface area contributed by atoms with Crippen molar-refractivity contribution in [2.75, 3.05) is 37.0 Å². The van der Waals surface area contributed by atoms with Gasteiger partial charge in [-0.2, -0.15) is 5.06 Å². The number of rotatable bonds is 20. The highest BCUT2D eigenvalue weighted by molar-refractivity contribution is 6.05. The lowest BCUT2D eigenvalue weighted by atomic mass is 10.2. The molecule has 0 aliphatic carbocycles. The molecule has 23 heteroatoms. The van der Waals surface area contributed by atoms with Gasteiger partial charge in [-0.15, -0.1) is 4.73 Å². The van der Waals surface area contributed by atoms with Crippen LogP contribution in [0.5, 0.6) is 5.75 Å². The van der Waals surface area contributed by atoms with E-state index in [9.17, 15) is 33.9 Å². The Kier molecular flexibility index (Phi) is 22.4. The zero-order valence-corrected chi connectivity index (χ0v) is 42.9. The van der Waals surface area contributed by atoms with Gasteiger partial charge in [-0.1, -0.05) is 91.0 Å². The number of nitrogens with one attached hydrogen (secondary N) is 1. The Labute approximate surface area is 436 Å². The Balaban J connectivity index is 0.000000213. The summed E-state index contributed by atoms with van der Waals surface area (Å²) < 4.78 is 20.6. The molecule has 76 heavy (non-hydrogen) atoms. The van der Waals surface area contributed by atoms with E-state index in [1.54, 1.807) is 48.5 Å². The number of aromatic nitrogens is 7. The van der Waals surface area contributed by atoms with Crippen molar-refractivity contribution >= 4 is 52.5 Å². The van der Waals surface area contributed by atoms with Gasteiger partial charge in [0, 0.05) is 18.6 Å². The number of hydrogen-bond acceptors (Lipinski definition) is 21. The first-order chi connectivity index (χ1) is 36.7. The molecule has 1 amide bonds. The maximum absolute atomic E-state index is 12.8. The Bertz CT molecular complexity index is 3130. The molecule has 0 unspecified atom stereocenters. The number of benzene rings is 3. The number of hydroxylamine groups is 1. The van der Waals surface area contributed by atoms with Crippen molar-refractivity contribution in [3.8, 4) is 5.75 Å². The minimum Gasteiger partial charge on any atom is -0.506 e. The molecule has 0 bridgehead atoms. The van der Waals surface area contributed by atoms with Gasteiger partial charge < -0.3 is 28.9 Å². The van der Waals surface area contributed by atoms with Gasteiger partial charge in [-0.25, -0.2) is 49.8 Å². The van der Waals surface area contributed by atoms with Crippen LogP contribution < -0.4 is 20.9 Å². The molecule has 0 fully saturated rings. The minimum absolute atomic E-state index is 0.0146. The molecule has 0 atom stereocenters. The zero-order chi connectivity index (χ0) is 55.0. The molecule has 3 aromatic carbocycles. The van der Waals surface area contributed by atoms with Crippen LogP contribution in [0.15, 0.2) is 114 Å². The number of fused-ring (bicyclic) bond motifs is 1. The molecule has 0 saturated heterocycles. The molecule has 23 nitrogen and oxygen atoms in total. The third-order valence-corrected chi connectivity index (χ3v) is 9.92. The lowest BCUT2D eigenvalue weighted by Gasteiger charge is -2.22. The van der Waals surface area contributed by atoms with Crippen molar-refractivity contribution in [2.45, 2.75) is 74.7 Å². The quantitative estimate of drug-likeness (QED) is 0.0357. The van der Waals surface area contributed by atoms with E-state index in [0.717, 1.165) is 26.5 Å². The molecule has 0 aliphatic heterocycles. The van der Waals surface area contributed by atoms with Crippen LogP contribution in [0.2, 0.25) is 0 Å². The summed E-state index contributed by atoms with van der Waals surface area (Å²) in [6.45, 7) is 12.7. The van der Waals surface area contributed by atoms with Gasteiger partial charge in [0.2, 0.25) is 0 Å². The predicted octanol–water partition coefficient (Wildman–Crippen LogP) is 6.50. The highest BCUT2D eigenvalue weighted by Crippen LogP contribution is 2.26. The second kappa shape index (κ2) is 29.5. The first kappa shape index (κ1) is 57.7. The fourth-order valence-corrected chi connectivity index (χ4v) is 6.44. The Morgan fingerprint density at radius 1 is 0.592 bits per heavy atom. The number of anilines is 2. The van der Waals surface area contributed by atoms with Crippen molar-refractivity contribution < 1.29 is 62.5 Å². The first-order valence-corrected chi connectivity index (χ1v) is 23.7. The molecule has 0 saturated carbocycles. The molecular formula is C53H57N9O14. The molecule has 7 rings (SSSR count). The van der Waals surface area contributed by atoms with E-state index < -0.39 is 53.1 Å². The molecular weight excluding hydrogens is 987 g/mol. The number of amides is 1. The molecule has 398 valence electrons. The van der Waals surface area contributed by atoms with Gasteiger partial charge in [0.25, 0.3) is 5.91 Å². The van der Waals surface area contributed by atoms with Crippen LogP contribution in [0.25, 0.3) is 11.0 Å². The van der Waals surface area contributed by atoms with Crippen LogP contribution in [-0.2, 0) is 58.0 Å².